The molecule has 0 aliphatic heterocycles. The summed E-state index contributed by atoms with van der Waals surface area (Å²) in [6, 6.07) is 16.3. The van der Waals surface area contributed by atoms with Gasteiger partial charge >= 0.3 is 11.9 Å². The molecule has 6 heteroatoms. The third-order valence-electron chi connectivity index (χ3n) is 10.4. The van der Waals surface area contributed by atoms with E-state index in [9.17, 15) is 9.59 Å². The molecule has 0 N–H and O–H groups in total. The number of rotatable bonds is 14. The van der Waals surface area contributed by atoms with Gasteiger partial charge in [0.1, 0.15) is 23.7 Å². The van der Waals surface area contributed by atoms with E-state index in [1.807, 2.05) is 52.0 Å². The van der Waals surface area contributed by atoms with Crippen molar-refractivity contribution in [1.82, 2.24) is 0 Å². The molecule has 2 aliphatic rings. The van der Waals surface area contributed by atoms with Gasteiger partial charge in [0.15, 0.2) is 0 Å². The Hall–Kier alpha value is -3.28. The highest BCUT2D eigenvalue weighted by Crippen LogP contribution is 2.45. The lowest BCUT2D eigenvalue weighted by atomic mass is 9.81. The molecule has 0 radical (unpaired) electrons. The Morgan fingerprint density at radius 2 is 0.913 bits per heavy atom. The minimum atomic E-state index is -0.373. The highest BCUT2D eigenvalue weighted by molar-refractivity contribution is 6.11. The van der Waals surface area contributed by atoms with Gasteiger partial charge in [0, 0.05) is 21.5 Å². The van der Waals surface area contributed by atoms with Crippen molar-refractivity contribution in [3.8, 4) is 11.5 Å². The second-order valence-corrected chi connectivity index (χ2v) is 13.6. The molecule has 0 bridgehead atoms. The predicted molar refractivity (Wildman–Crippen MR) is 184 cm³/mol. The van der Waals surface area contributed by atoms with Gasteiger partial charge in [-0.2, -0.15) is 0 Å². The summed E-state index contributed by atoms with van der Waals surface area (Å²) in [4.78, 5) is 26.6. The Balaban J connectivity index is 1.49. The zero-order valence-corrected chi connectivity index (χ0v) is 28.4. The van der Waals surface area contributed by atoms with Crippen molar-refractivity contribution in [2.45, 2.75) is 117 Å². The zero-order chi connectivity index (χ0) is 32.5. The van der Waals surface area contributed by atoms with Crippen molar-refractivity contribution in [3.05, 3.63) is 48.5 Å². The summed E-state index contributed by atoms with van der Waals surface area (Å²) in [7, 11) is 0. The number of carbonyl (C=O) groups excluding carboxylic acids is 2. The summed E-state index contributed by atoms with van der Waals surface area (Å²) in [5.74, 6) is 1.49. The quantitative estimate of drug-likeness (QED) is 0.130. The molecular formula is C40H54O6. The monoisotopic (exact) mass is 630 g/mol. The maximum absolute atomic E-state index is 13.3. The van der Waals surface area contributed by atoms with Crippen molar-refractivity contribution < 1.29 is 28.5 Å². The van der Waals surface area contributed by atoms with Crippen LogP contribution in [0.5, 0.6) is 11.5 Å². The number of fused-ring (bicyclic) bond motifs is 2. The molecule has 0 aromatic heterocycles. The average Bonchev–Trinajstić information content (AvgIpc) is 3.08. The van der Waals surface area contributed by atoms with Crippen LogP contribution in [0.3, 0.4) is 0 Å². The number of carbonyl (C=O) groups is 2. The van der Waals surface area contributed by atoms with Gasteiger partial charge in [0.2, 0.25) is 0 Å². The highest BCUT2D eigenvalue weighted by Gasteiger charge is 2.34. The normalized spacial score (nSPS) is 18.9. The topological polar surface area (TPSA) is 71.1 Å². The molecule has 4 unspecified atom stereocenters. The molecule has 5 rings (SSSR count). The molecule has 46 heavy (non-hydrogen) atoms. The molecule has 6 nitrogen and oxygen atoms in total. The molecule has 0 saturated heterocycles. The van der Waals surface area contributed by atoms with Crippen LogP contribution in [0.1, 0.15) is 105 Å². The summed E-state index contributed by atoms with van der Waals surface area (Å²) in [6.45, 7) is 8.46. The van der Waals surface area contributed by atoms with E-state index in [1.54, 1.807) is 0 Å². The molecule has 0 heterocycles. The van der Waals surface area contributed by atoms with Crippen LogP contribution in [0.2, 0.25) is 0 Å². The van der Waals surface area contributed by atoms with Gasteiger partial charge < -0.3 is 18.9 Å². The van der Waals surface area contributed by atoms with Gasteiger partial charge in [-0.15, -0.1) is 0 Å². The maximum Gasteiger partial charge on any atom is 0.312 e. The highest BCUT2D eigenvalue weighted by atomic mass is 16.5. The van der Waals surface area contributed by atoms with E-state index in [1.165, 1.54) is 38.5 Å². The van der Waals surface area contributed by atoms with Crippen LogP contribution in [0.4, 0.5) is 0 Å². The van der Waals surface area contributed by atoms with Crippen LogP contribution in [-0.2, 0) is 19.1 Å². The first-order chi connectivity index (χ1) is 22.4. The fourth-order valence-electron chi connectivity index (χ4n) is 7.86. The van der Waals surface area contributed by atoms with Gasteiger partial charge in [-0.05, 0) is 52.4 Å². The molecule has 2 fully saturated rings. The van der Waals surface area contributed by atoms with Crippen molar-refractivity contribution in [2.24, 2.45) is 23.7 Å². The second-order valence-electron chi connectivity index (χ2n) is 13.6. The standard InChI is InChI=1S/C40H54O6/c1-5-43-39(41)35(25-29-17-9-7-10-18-29)27(3)45-37-31-21-13-15-23-33(31)38(34-24-16-14-22-32(34)37)46-28(4)36(40(42)44-6-2)26-30-19-11-8-12-20-30/h13-16,21-24,27-30,35-36H,5-12,17-20,25-26H2,1-4H3. The van der Waals surface area contributed by atoms with Crippen molar-refractivity contribution in [2.75, 3.05) is 13.2 Å². The number of esters is 2. The van der Waals surface area contributed by atoms with Crippen LogP contribution in [0.25, 0.3) is 21.5 Å². The Kier molecular flexibility index (Phi) is 12.2. The molecule has 2 saturated carbocycles. The zero-order valence-electron chi connectivity index (χ0n) is 28.4. The second kappa shape index (κ2) is 16.5. The maximum atomic E-state index is 13.3. The molecule has 4 atom stereocenters. The lowest BCUT2D eigenvalue weighted by Crippen LogP contribution is -2.34. The summed E-state index contributed by atoms with van der Waals surface area (Å²) >= 11 is 0. The lowest BCUT2D eigenvalue weighted by Gasteiger charge is -2.31. The van der Waals surface area contributed by atoms with E-state index in [2.05, 4.69) is 24.3 Å². The van der Waals surface area contributed by atoms with Crippen LogP contribution in [-0.4, -0.2) is 37.4 Å². The summed E-state index contributed by atoms with van der Waals surface area (Å²) in [6.07, 6.45) is 12.9. The fraction of sp³-hybridized carbons (Fsp3) is 0.600. The Morgan fingerprint density at radius 1 is 0.587 bits per heavy atom. The van der Waals surface area contributed by atoms with E-state index in [0.717, 1.165) is 71.6 Å². The fourth-order valence-corrected chi connectivity index (χ4v) is 7.86. The molecule has 3 aromatic rings. The van der Waals surface area contributed by atoms with Crippen LogP contribution in [0, 0.1) is 23.7 Å². The molecule has 0 spiro atoms. The van der Waals surface area contributed by atoms with E-state index >= 15 is 0 Å². The molecule has 2 aliphatic carbocycles. The predicted octanol–water partition coefficient (Wildman–Crippen LogP) is 9.83. The SMILES string of the molecule is CCOC(=O)C(CC1CCCCC1)C(C)Oc1c2ccccc2c(OC(C)C(CC2CCCCC2)C(=O)OCC)c2ccccc12. The van der Waals surface area contributed by atoms with Gasteiger partial charge in [-0.3, -0.25) is 9.59 Å². The minimum absolute atomic E-state index is 0.175. The summed E-state index contributed by atoms with van der Waals surface area (Å²) < 4.78 is 24.9. The van der Waals surface area contributed by atoms with Crippen LogP contribution < -0.4 is 9.47 Å². The third-order valence-corrected chi connectivity index (χ3v) is 10.4. The average molecular weight is 631 g/mol. The van der Waals surface area contributed by atoms with Gasteiger partial charge in [0.05, 0.1) is 25.0 Å². The number of benzene rings is 3. The lowest BCUT2D eigenvalue weighted by molar-refractivity contribution is -0.153. The summed E-state index contributed by atoms with van der Waals surface area (Å²) in [5.41, 5.74) is 0. The molecular weight excluding hydrogens is 576 g/mol. The van der Waals surface area contributed by atoms with E-state index in [0.29, 0.717) is 25.0 Å². The number of hydrogen-bond acceptors (Lipinski definition) is 6. The Bertz CT molecular complexity index is 1270. The molecule has 3 aromatic carbocycles. The molecule has 250 valence electrons. The van der Waals surface area contributed by atoms with Crippen molar-refractivity contribution in [1.29, 1.82) is 0 Å². The Morgan fingerprint density at radius 3 is 1.22 bits per heavy atom. The van der Waals surface area contributed by atoms with Crippen molar-refractivity contribution in [3.63, 3.8) is 0 Å². The minimum Gasteiger partial charge on any atom is -0.489 e. The number of ether oxygens (including phenoxy) is 4. The smallest absolute Gasteiger partial charge is 0.312 e. The Labute approximate surface area is 275 Å². The first kappa shape index (κ1) is 34.1. The largest absolute Gasteiger partial charge is 0.489 e. The van der Waals surface area contributed by atoms with Gasteiger partial charge in [-0.1, -0.05) is 113 Å². The molecule has 0 amide bonds. The van der Waals surface area contributed by atoms with Gasteiger partial charge in [0.25, 0.3) is 0 Å². The van der Waals surface area contributed by atoms with E-state index in [4.69, 9.17) is 18.9 Å². The van der Waals surface area contributed by atoms with E-state index < -0.39 is 0 Å². The van der Waals surface area contributed by atoms with Crippen molar-refractivity contribution >= 4 is 33.5 Å². The first-order valence-corrected chi connectivity index (χ1v) is 18.0. The first-order valence-electron chi connectivity index (χ1n) is 18.0. The third kappa shape index (κ3) is 8.16. The number of hydrogen-bond donors (Lipinski definition) is 0. The van der Waals surface area contributed by atoms with Gasteiger partial charge in [-0.25, -0.2) is 0 Å². The van der Waals surface area contributed by atoms with Crippen LogP contribution in [0.15, 0.2) is 48.5 Å². The summed E-state index contributed by atoms with van der Waals surface area (Å²) in [5, 5.41) is 3.71. The van der Waals surface area contributed by atoms with Crippen LogP contribution >= 0.6 is 0 Å². The van der Waals surface area contributed by atoms with E-state index in [-0.39, 0.29) is 36.0 Å².